The van der Waals surface area contributed by atoms with Crippen LogP contribution in [0.25, 0.3) is 11.1 Å². The van der Waals surface area contributed by atoms with Crippen LogP contribution in [0.2, 0.25) is 0 Å². The Hall–Kier alpha value is -2.08. The van der Waals surface area contributed by atoms with Gasteiger partial charge in [-0.05, 0) is 24.1 Å². The van der Waals surface area contributed by atoms with Crippen molar-refractivity contribution in [2.24, 2.45) is 0 Å². The highest BCUT2D eigenvalue weighted by Crippen LogP contribution is 2.15. The number of hydrogen-bond acceptors (Lipinski definition) is 4. The molecule has 108 valence electrons. The van der Waals surface area contributed by atoms with Gasteiger partial charge in [-0.15, -0.1) is 0 Å². The zero-order chi connectivity index (χ0) is 14.5. The predicted octanol–water partition coefficient (Wildman–Crippen LogP) is 1.00. The summed E-state index contributed by atoms with van der Waals surface area (Å²) in [5, 5.41) is 11.8. The Morgan fingerprint density at radius 3 is 2.95 bits per heavy atom. The number of benzene rings is 1. The van der Waals surface area contributed by atoms with E-state index in [-0.39, 0.29) is 19.1 Å². The minimum Gasteiger partial charge on any atom is -0.408 e. The Bertz CT molecular complexity index is 657. The maximum absolute atomic E-state index is 11.8. The number of fused-ring (bicyclic) bond motifs is 1. The van der Waals surface area contributed by atoms with Gasteiger partial charge in [0, 0.05) is 6.54 Å². The van der Waals surface area contributed by atoms with E-state index < -0.39 is 5.76 Å². The third-order valence-electron chi connectivity index (χ3n) is 3.07. The Morgan fingerprint density at radius 1 is 1.45 bits per heavy atom. The summed E-state index contributed by atoms with van der Waals surface area (Å²) >= 11 is 0. The van der Waals surface area contributed by atoms with Gasteiger partial charge in [-0.2, -0.15) is 0 Å². The Balaban J connectivity index is 2.19. The lowest BCUT2D eigenvalue weighted by atomic mass is 10.2. The molecule has 1 aromatic heterocycles. The fourth-order valence-corrected chi connectivity index (χ4v) is 1.96. The van der Waals surface area contributed by atoms with Crippen molar-refractivity contribution in [3.63, 3.8) is 0 Å². The molecular formula is C14H18N2O4. The van der Waals surface area contributed by atoms with E-state index in [1.165, 1.54) is 4.57 Å². The highest BCUT2D eigenvalue weighted by molar-refractivity contribution is 5.79. The van der Waals surface area contributed by atoms with Gasteiger partial charge in [-0.3, -0.25) is 9.36 Å². The maximum atomic E-state index is 11.8. The molecule has 2 N–H and O–H groups in total. The molecule has 6 heteroatoms. The summed E-state index contributed by atoms with van der Waals surface area (Å²) in [5.41, 5.74) is 1.59. The average Bonchev–Trinajstić information content (AvgIpc) is 2.74. The van der Waals surface area contributed by atoms with E-state index in [1.807, 2.05) is 6.92 Å². The highest BCUT2D eigenvalue weighted by atomic mass is 16.4. The topological polar surface area (TPSA) is 84.5 Å². The number of carbonyl (C=O) groups is 1. The van der Waals surface area contributed by atoms with Crippen LogP contribution >= 0.6 is 0 Å². The van der Waals surface area contributed by atoms with Crippen LogP contribution in [0, 0.1) is 0 Å². The van der Waals surface area contributed by atoms with Crippen molar-refractivity contribution < 1.29 is 14.3 Å². The summed E-state index contributed by atoms with van der Waals surface area (Å²) < 4.78 is 6.37. The number of carbonyl (C=O) groups excluding carboxylic acids is 1. The molecule has 0 saturated carbocycles. The summed E-state index contributed by atoms with van der Waals surface area (Å²) in [7, 11) is 0. The monoisotopic (exact) mass is 278 g/mol. The lowest BCUT2D eigenvalue weighted by Gasteiger charge is -2.04. The van der Waals surface area contributed by atoms with Crippen LogP contribution in [-0.2, 0) is 17.9 Å². The van der Waals surface area contributed by atoms with Crippen molar-refractivity contribution in [2.45, 2.75) is 32.9 Å². The molecule has 6 nitrogen and oxygen atoms in total. The molecule has 2 rings (SSSR count). The predicted molar refractivity (Wildman–Crippen MR) is 74.3 cm³/mol. The van der Waals surface area contributed by atoms with E-state index in [4.69, 9.17) is 9.52 Å². The lowest BCUT2D eigenvalue weighted by molar-refractivity contribution is -0.121. The second kappa shape index (κ2) is 6.38. The number of amides is 1. The second-order valence-electron chi connectivity index (χ2n) is 4.62. The molecule has 20 heavy (non-hydrogen) atoms. The number of nitrogens with one attached hydrogen (secondary N) is 1. The number of oxazole rings is 1. The van der Waals surface area contributed by atoms with E-state index in [0.29, 0.717) is 23.2 Å². The standard InChI is InChI=1S/C14H18N2O4/c1-2-3-6-15-13(18)8-16-11-5-4-10(9-17)7-12(11)20-14(16)19/h4-5,7,17H,2-3,6,8-9H2,1H3,(H,15,18). The van der Waals surface area contributed by atoms with Gasteiger partial charge in [0.05, 0.1) is 12.1 Å². The number of aromatic nitrogens is 1. The van der Waals surface area contributed by atoms with Gasteiger partial charge >= 0.3 is 5.76 Å². The summed E-state index contributed by atoms with van der Waals surface area (Å²) in [4.78, 5) is 23.5. The van der Waals surface area contributed by atoms with Gasteiger partial charge < -0.3 is 14.8 Å². The third-order valence-corrected chi connectivity index (χ3v) is 3.07. The van der Waals surface area contributed by atoms with E-state index >= 15 is 0 Å². The van der Waals surface area contributed by atoms with Crippen LogP contribution in [0.4, 0.5) is 0 Å². The summed E-state index contributed by atoms with van der Waals surface area (Å²) in [6.07, 6.45) is 1.91. The molecule has 0 aliphatic heterocycles. The van der Waals surface area contributed by atoms with Crippen LogP contribution in [0.3, 0.4) is 0 Å². The number of rotatable bonds is 6. The Labute approximate surface area is 116 Å². The van der Waals surface area contributed by atoms with Gasteiger partial charge in [-0.1, -0.05) is 19.4 Å². The first kappa shape index (κ1) is 14.3. The molecule has 0 bridgehead atoms. The molecule has 0 radical (unpaired) electrons. The smallest absolute Gasteiger partial charge is 0.408 e. The first-order chi connectivity index (χ1) is 9.65. The van der Waals surface area contributed by atoms with Crippen molar-refractivity contribution in [3.05, 3.63) is 34.3 Å². The molecule has 1 aromatic carbocycles. The molecule has 0 fully saturated rings. The van der Waals surface area contributed by atoms with Crippen LogP contribution in [0.5, 0.6) is 0 Å². The normalized spacial score (nSPS) is 10.9. The number of unbranched alkanes of at least 4 members (excludes halogenated alkanes) is 1. The lowest BCUT2D eigenvalue weighted by Crippen LogP contribution is -2.31. The molecular weight excluding hydrogens is 260 g/mol. The van der Waals surface area contributed by atoms with Crippen molar-refractivity contribution >= 4 is 17.0 Å². The van der Waals surface area contributed by atoms with Gasteiger partial charge in [0.25, 0.3) is 0 Å². The van der Waals surface area contributed by atoms with Crippen LogP contribution in [-0.4, -0.2) is 22.1 Å². The largest absolute Gasteiger partial charge is 0.420 e. The van der Waals surface area contributed by atoms with Crippen molar-refractivity contribution in [1.82, 2.24) is 9.88 Å². The zero-order valence-corrected chi connectivity index (χ0v) is 11.4. The van der Waals surface area contributed by atoms with Gasteiger partial charge in [-0.25, -0.2) is 4.79 Å². The fraction of sp³-hybridized carbons (Fsp3) is 0.429. The van der Waals surface area contributed by atoms with Crippen molar-refractivity contribution in [1.29, 1.82) is 0 Å². The van der Waals surface area contributed by atoms with E-state index in [9.17, 15) is 9.59 Å². The van der Waals surface area contributed by atoms with E-state index in [1.54, 1.807) is 18.2 Å². The minimum absolute atomic E-state index is 0.0615. The molecule has 0 spiro atoms. The number of nitrogens with zero attached hydrogens (tertiary/aromatic N) is 1. The van der Waals surface area contributed by atoms with Crippen molar-refractivity contribution in [2.75, 3.05) is 6.54 Å². The quantitative estimate of drug-likeness (QED) is 0.772. The van der Waals surface area contributed by atoms with Gasteiger partial charge in [0.1, 0.15) is 6.54 Å². The molecule has 0 saturated heterocycles. The first-order valence-electron chi connectivity index (χ1n) is 6.65. The molecule has 1 heterocycles. The second-order valence-corrected chi connectivity index (χ2v) is 4.62. The molecule has 0 atom stereocenters. The number of aliphatic hydroxyl groups excluding tert-OH is 1. The molecule has 1 amide bonds. The molecule has 0 aliphatic carbocycles. The van der Waals surface area contributed by atoms with E-state index in [0.717, 1.165) is 12.8 Å². The fourth-order valence-electron chi connectivity index (χ4n) is 1.96. The summed E-state index contributed by atoms with van der Waals surface area (Å²) in [5.74, 6) is -0.782. The summed E-state index contributed by atoms with van der Waals surface area (Å²) in [6.45, 7) is 2.46. The molecule has 0 aliphatic rings. The Kier molecular flexibility index (Phi) is 4.57. The number of hydrogen-bond donors (Lipinski definition) is 2. The van der Waals surface area contributed by atoms with Crippen LogP contribution in [0.1, 0.15) is 25.3 Å². The molecule has 0 unspecified atom stereocenters. The molecule has 2 aromatic rings. The SMILES string of the molecule is CCCCNC(=O)Cn1c(=O)oc2cc(CO)ccc21. The van der Waals surface area contributed by atoms with Gasteiger partial charge in [0.15, 0.2) is 5.58 Å². The zero-order valence-electron chi connectivity index (χ0n) is 11.4. The highest BCUT2D eigenvalue weighted by Gasteiger charge is 2.12. The van der Waals surface area contributed by atoms with E-state index in [2.05, 4.69) is 5.32 Å². The van der Waals surface area contributed by atoms with Crippen LogP contribution < -0.4 is 11.1 Å². The number of aliphatic hydroxyl groups is 1. The summed E-state index contributed by atoms with van der Waals surface area (Å²) in [6, 6.07) is 4.97. The van der Waals surface area contributed by atoms with Gasteiger partial charge in [0.2, 0.25) is 5.91 Å². The first-order valence-corrected chi connectivity index (χ1v) is 6.65. The minimum atomic E-state index is -0.569. The van der Waals surface area contributed by atoms with Crippen molar-refractivity contribution in [3.8, 4) is 0 Å². The third kappa shape index (κ3) is 3.08. The average molecular weight is 278 g/mol. The van der Waals surface area contributed by atoms with Crippen LogP contribution in [0.15, 0.2) is 27.4 Å². The maximum Gasteiger partial charge on any atom is 0.420 e. The Morgan fingerprint density at radius 2 is 2.25 bits per heavy atom.